The Balaban J connectivity index is 1.37. The number of fused-ring (bicyclic) bond motifs is 1. The zero-order valence-electron chi connectivity index (χ0n) is 25.9. The molecule has 1 N–H and O–H groups in total. The third kappa shape index (κ3) is 5.73. The predicted molar refractivity (Wildman–Crippen MR) is 169 cm³/mol. The van der Waals surface area contributed by atoms with Crippen molar-refractivity contribution in [3.8, 4) is 0 Å². The van der Waals surface area contributed by atoms with E-state index in [2.05, 4.69) is 5.32 Å². The van der Waals surface area contributed by atoms with Gasteiger partial charge in [-0.25, -0.2) is 4.79 Å². The summed E-state index contributed by atoms with van der Waals surface area (Å²) in [5, 5.41) is 3.68. The number of rotatable bonds is 9. The van der Waals surface area contributed by atoms with Crippen LogP contribution in [0.2, 0.25) is 0 Å². The molecule has 9 nitrogen and oxygen atoms in total. The second-order valence-corrected chi connectivity index (χ2v) is 12.2. The van der Waals surface area contributed by atoms with Crippen LogP contribution in [-0.4, -0.2) is 76.7 Å². The van der Waals surface area contributed by atoms with E-state index in [4.69, 9.17) is 4.74 Å². The Bertz CT molecular complexity index is 1590. The average molecular weight is 609 g/mol. The van der Waals surface area contributed by atoms with Gasteiger partial charge in [0.2, 0.25) is 11.8 Å². The monoisotopic (exact) mass is 608 g/mol. The standard InChI is InChI=1S/C36H40N4O5/c1-25-10-6-8-14-28(25)34(43)30-16-18-32(41)38(30)22-23-40(35(44)45-24-27-12-4-3-5-13-27)36(29-15-9-7-11-26(29)2)31-17-19-33(42)39(31)21-20-37-36/h3-15,30-31,37H,16-24H2,1-2H3. The highest BCUT2D eigenvalue weighted by atomic mass is 16.6. The van der Waals surface area contributed by atoms with Crippen LogP contribution in [0.1, 0.15) is 58.3 Å². The van der Waals surface area contributed by atoms with Gasteiger partial charge in [-0.05, 0) is 48.9 Å². The molecule has 3 saturated heterocycles. The number of carbonyl (C=O) groups excluding carboxylic acids is 4. The van der Waals surface area contributed by atoms with Crippen molar-refractivity contribution in [2.45, 2.75) is 63.9 Å². The molecule has 3 aliphatic heterocycles. The van der Waals surface area contributed by atoms with Crippen molar-refractivity contribution in [1.29, 1.82) is 0 Å². The van der Waals surface area contributed by atoms with Crippen LogP contribution in [0.15, 0.2) is 78.9 Å². The lowest BCUT2D eigenvalue weighted by Crippen LogP contribution is -2.72. The molecule has 9 heteroatoms. The van der Waals surface area contributed by atoms with Crippen molar-refractivity contribution >= 4 is 23.7 Å². The second-order valence-electron chi connectivity index (χ2n) is 12.2. The van der Waals surface area contributed by atoms with Gasteiger partial charge in [0.25, 0.3) is 0 Å². The molecule has 3 atom stereocenters. The Morgan fingerprint density at radius 3 is 2.33 bits per heavy atom. The Hall–Kier alpha value is -4.50. The predicted octanol–water partition coefficient (Wildman–Crippen LogP) is 4.56. The number of carbonyl (C=O) groups is 4. The van der Waals surface area contributed by atoms with Crippen molar-refractivity contribution in [2.24, 2.45) is 0 Å². The number of piperazine rings is 1. The third-order valence-corrected chi connectivity index (χ3v) is 9.57. The molecule has 45 heavy (non-hydrogen) atoms. The summed E-state index contributed by atoms with van der Waals surface area (Å²) >= 11 is 0. The van der Waals surface area contributed by atoms with E-state index >= 15 is 0 Å². The van der Waals surface area contributed by atoms with Crippen LogP contribution < -0.4 is 5.32 Å². The van der Waals surface area contributed by atoms with Crippen LogP contribution in [0, 0.1) is 13.8 Å². The molecule has 6 rings (SSSR count). The zero-order chi connectivity index (χ0) is 31.6. The van der Waals surface area contributed by atoms with Gasteiger partial charge >= 0.3 is 6.09 Å². The summed E-state index contributed by atoms with van der Waals surface area (Å²) in [5.41, 5.74) is 3.07. The van der Waals surface area contributed by atoms with Crippen molar-refractivity contribution < 1.29 is 23.9 Å². The minimum Gasteiger partial charge on any atom is -0.444 e. The van der Waals surface area contributed by atoms with Gasteiger partial charge in [-0.3, -0.25) is 24.6 Å². The van der Waals surface area contributed by atoms with Gasteiger partial charge in [-0.2, -0.15) is 0 Å². The molecular weight excluding hydrogens is 568 g/mol. The molecule has 0 radical (unpaired) electrons. The van der Waals surface area contributed by atoms with Gasteiger partial charge in [0.15, 0.2) is 5.78 Å². The number of hydrogen-bond donors (Lipinski definition) is 1. The van der Waals surface area contributed by atoms with Crippen LogP contribution in [0.25, 0.3) is 0 Å². The molecule has 3 aliphatic rings. The SMILES string of the molecule is Cc1ccccc1C(=O)C1CCC(=O)N1CCN(C(=O)OCc1ccccc1)C1(c2ccccc2C)NCCN2C(=O)CCC21. The minimum atomic E-state index is -1.10. The molecule has 0 aliphatic carbocycles. The first kappa shape index (κ1) is 30.5. The number of Topliss-reactive ketones (excluding diaryl/α,β-unsaturated/α-hetero) is 1. The third-order valence-electron chi connectivity index (χ3n) is 9.57. The first-order chi connectivity index (χ1) is 21.8. The maximum absolute atomic E-state index is 14.3. The highest BCUT2D eigenvalue weighted by Gasteiger charge is 2.56. The molecule has 0 saturated carbocycles. The van der Waals surface area contributed by atoms with Gasteiger partial charge < -0.3 is 14.5 Å². The maximum atomic E-state index is 14.3. The lowest BCUT2D eigenvalue weighted by molar-refractivity contribution is -0.135. The van der Waals surface area contributed by atoms with Crippen LogP contribution in [0.3, 0.4) is 0 Å². The number of nitrogens with one attached hydrogen (secondary N) is 1. The molecule has 0 bridgehead atoms. The fourth-order valence-corrected chi connectivity index (χ4v) is 7.36. The molecule has 3 aromatic carbocycles. The topological polar surface area (TPSA) is 99.3 Å². The van der Waals surface area contributed by atoms with Gasteiger partial charge in [-0.1, -0.05) is 78.9 Å². The number of amides is 3. The van der Waals surface area contributed by atoms with E-state index < -0.39 is 17.8 Å². The van der Waals surface area contributed by atoms with Crippen molar-refractivity contribution in [1.82, 2.24) is 20.0 Å². The van der Waals surface area contributed by atoms with E-state index in [0.29, 0.717) is 37.9 Å². The molecule has 0 aromatic heterocycles. The Morgan fingerprint density at radius 1 is 0.889 bits per heavy atom. The summed E-state index contributed by atoms with van der Waals surface area (Å²) in [7, 11) is 0. The molecule has 3 aromatic rings. The Labute approximate surface area is 264 Å². The van der Waals surface area contributed by atoms with Crippen LogP contribution in [0.5, 0.6) is 0 Å². The van der Waals surface area contributed by atoms with Crippen LogP contribution in [0.4, 0.5) is 4.79 Å². The number of ketones is 1. The number of hydrogen-bond acceptors (Lipinski definition) is 6. The molecule has 3 fully saturated rings. The van der Waals surface area contributed by atoms with E-state index in [-0.39, 0.29) is 49.8 Å². The normalized spacial score (nSPS) is 22.8. The fourth-order valence-electron chi connectivity index (χ4n) is 7.36. The molecular formula is C36H40N4O5. The Morgan fingerprint density at radius 2 is 1.58 bits per heavy atom. The van der Waals surface area contributed by atoms with E-state index in [1.165, 1.54) is 0 Å². The van der Waals surface area contributed by atoms with E-state index in [1.807, 2.05) is 91.5 Å². The number of nitrogens with zero attached hydrogens (tertiary/aromatic N) is 3. The molecule has 0 spiro atoms. The summed E-state index contributed by atoms with van der Waals surface area (Å²) in [6.07, 6.45) is 1.11. The van der Waals surface area contributed by atoms with Crippen LogP contribution >= 0.6 is 0 Å². The summed E-state index contributed by atoms with van der Waals surface area (Å²) in [5.74, 6) is -0.136. The van der Waals surface area contributed by atoms with Crippen molar-refractivity contribution in [3.05, 3.63) is 107 Å². The van der Waals surface area contributed by atoms with Crippen molar-refractivity contribution in [3.63, 3.8) is 0 Å². The highest BCUT2D eigenvalue weighted by molar-refractivity contribution is 6.04. The minimum absolute atomic E-state index is 0.0654. The quantitative estimate of drug-likeness (QED) is 0.358. The number of likely N-dealkylation sites (tertiary alicyclic amines) is 1. The molecule has 3 unspecified atom stereocenters. The number of ether oxygens (including phenoxy) is 1. The van der Waals surface area contributed by atoms with E-state index in [0.717, 1.165) is 22.3 Å². The first-order valence-corrected chi connectivity index (χ1v) is 15.8. The van der Waals surface area contributed by atoms with Crippen molar-refractivity contribution in [2.75, 3.05) is 26.2 Å². The largest absolute Gasteiger partial charge is 0.444 e. The van der Waals surface area contributed by atoms with Crippen LogP contribution in [-0.2, 0) is 26.6 Å². The number of aryl methyl sites for hydroxylation is 2. The van der Waals surface area contributed by atoms with Gasteiger partial charge in [0.05, 0.1) is 12.1 Å². The maximum Gasteiger partial charge on any atom is 0.412 e. The lowest BCUT2D eigenvalue weighted by Gasteiger charge is -2.54. The molecule has 3 amide bonds. The van der Waals surface area contributed by atoms with E-state index in [9.17, 15) is 19.2 Å². The summed E-state index contributed by atoms with van der Waals surface area (Å²) in [6.45, 7) is 5.26. The Kier molecular flexibility index (Phi) is 8.72. The first-order valence-electron chi connectivity index (χ1n) is 15.8. The number of benzene rings is 3. The molecule has 234 valence electrons. The lowest BCUT2D eigenvalue weighted by atomic mass is 9.83. The fraction of sp³-hybridized carbons (Fsp3) is 0.389. The van der Waals surface area contributed by atoms with Gasteiger partial charge in [0.1, 0.15) is 12.3 Å². The summed E-state index contributed by atoms with van der Waals surface area (Å²) in [6, 6.07) is 23.9. The van der Waals surface area contributed by atoms with Gasteiger partial charge in [-0.15, -0.1) is 0 Å². The smallest absolute Gasteiger partial charge is 0.412 e. The summed E-state index contributed by atoms with van der Waals surface area (Å²) < 4.78 is 5.98. The second kappa shape index (κ2) is 12.9. The average Bonchev–Trinajstić information content (AvgIpc) is 3.63. The zero-order valence-corrected chi connectivity index (χ0v) is 25.9. The van der Waals surface area contributed by atoms with E-state index in [1.54, 1.807) is 15.9 Å². The highest BCUT2D eigenvalue weighted by Crippen LogP contribution is 2.42. The summed E-state index contributed by atoms with van der Waals surface area (Å²) in [4.78, 5) is 59.6. The van der Waals surface area contributed by atoms with Gasteiger partial charge in [0, 0.05) is 44.6 Å². The molecule has 3 heterocycles.